The van der Waals surface area contributed by atoms with Gasteiger partial charge in [0.05, 0.1) is 8.42 Å². The molecule has 0 spiro atoms. The molecule has 0 aliphatic carbocycles. The van der Waals surface area contributed by atoms with Crippen molar-refractivity contribution in [2.24, 2.45) is 0 Å². The highest BCUT2D eigenvalue weighted by atomic mass is 32.2. The Morgan fingerprint density at radius 2 is 1.33 bits per heavy atom. The molecule has 2 heterocycles. The highest BCUT2D eigenvalue weighted by Crippen LogP contribution is 2.36. The number of allylic oxidation sites excluding steroid dienone is 4. The molecule has 2 rings (SSSR count). The zero-order valence-electron chi connectivity index (χ0n) is 11.7. The predicted molar refractivity (Wildman–Crippen MR) is 91.1 cm³/mol. The van der Waals surface area contributed by atoms with Crippen molar-refractivity contribution >= 4 is 46.0 Å². The van der Waals surface area contributed by atoms with E-state index in [9.17, 15) is 9.59 Å². The monoisotopic (exact) mass is 334 g/mol. The summed E-state index contributed by atoms with van der Waals surface area (Å²) >= 11 is 4.67. The second-order valence-corrected chi connectivity index (χ2v) is 7.56. The van der Waals surface area contributed by atoms with Gasteiger partial charge in [-0.2, -0.15) is 0 Å². The fourth-order valence-corrected chi connectivity index (χ4v) is 4.78. The molecule has 2 aromatic heterocycles. The summed E-state index contributed by atoms with van der Waals surface area (Å²) in [6.45, 7) is 3.66. The van der Waals surface area contributed by atoms with Gasteiger partial charge in [0.2, 0.25) is 0 Å². The van der Waals surface area contributed by atoms with Crippen molar-refractivity contribution in [3.8, 4) is 0 Å². The summed E-state index contributed by atoms with van der Waals surface area (Å²) < 4.78 is 2.10. The third-order valence-electron chi connectivity index (χ3n) is 2.56. The van der Waals surface area contributed by atoms with Crippen molar-refractivity contribution in [1.29, 1.82) is 0 Å². The number of hydrogen-bond donors (Lipinski definition) is 0. The maximum atomic E-state index is 11.7. The number of carbonyl (C=O) groups is 2. The Labute approximate surface area is 136 Å². The van der Waals surface area contributed by atoms with Crippen LogP contribution in [0, 0.1) is 0 Å². The van der Waals surface area contributed by atoms with E-state index in [0.29, 0.717) is 11.1 Å². The minimum atomic E-state index is 0.0238. The lowest BCUT2D eigenvalue weighted by Gasteiger charge is -1.92. The van der Waals surface area contributed by atoms with Gasteiger partial charge in [-0.15, -0.1) is 22.7 Å². The van der Waals surface area contributed by atoms with Crippen LogP contribution in [0.1, 0.15) is 34.6 Å². The SMILES string of the molecule is CC=CC(=O)c1csc(Sc2cc(C(=O)C=CC)cs2)c1. The second-order valence-electron chi connectivity index (χ2n) is 4.14. The van der Waals surface area contributed by atoms with E-state index in [1.54, 1.807) is 58.7 Å². The first-order chi connectivity index (χ1) is 10.1. The van der Waals surface area contributed by atoms with Crippen molar-refractivity contribution in [3.63, 3.8) is 0 Å². The van der Waals surface area contributed by atoms with Gasteiger partial charge in [-0.25, -0.2) is 0 Å². The quantitative estimate of drug-likeness (QED) is 0.518. The summed E-state index contributed by atoms with van der Waals surface area (Å²) in [6.07, 6.45) is 6.61. The molecule has 0 saturated heterocycles. The van der Waals surface area contributed by atoms with Crippen LogP contribution in [0.25, 0.3) is 0 Å². The number of carbonyl (C=O) groups excluding carboxylic acids is 2. The normalized spacial score (nSPS) is 11.5. The molecular weight excluding hydrogens is 320 g/mol. The lowest BCUT2D eigenvalue weighted by atomic mass is 10.2. The van der Waals surface area contributed by atoms with Gasteiger partial charge >= 0.3 is 0 Å². The van der Waals surface area contributed by atoms with E-state index in [0.717, 1.165) is 8.42 Å². The molecule has 2 aromatic rings. The zero-order chi connectivity index (χ0) is 15.2. The van der Waals surface area contributed by atoms with Gasteiger partial charge in [0.15, 0.2) is 11.6 Å². The molecule has 0 fully saturated rings. The molecule has 0 bridgehead atoms. The summed E-state index contributed by atoms with van der Waals surface area (Å²) in [6, 6.07) is 3.79. The maximum Gasteiger partial charge on any atom is 0.186 e. The van der Waals surface area contributed by atoms with Crippen molar-refractivity contribution in [2.75, 3.05) is 0 Å². The van der Waals surface area contributed by atoms with Crippen LogP contribution in [-0.4, -0.2) is 11.6 Å². The van der Waals surface area contributed by atoms with E-state index in [-0.39, 0.29) is 11.6 Å². The molecule has 0 aliphatic rings. The van der Waals surface area contributed by atoms with E-state index in [4.69, 9.17) is 0 Å². The smallest absolute Gasteiger partial charge is 0.186 e. The van der Waals surface area contributed by atoms with Gasteiger partial charge in [-0.05, 0) is 38.1 Å². The van der Waals surface area contributed by atoms with Crippen LogP contribution in [-0.2, 0) is 0 Å². The minimum absolute atomic E-state index is 0.0238. The Morgan fingerprint density at radius 3 is 1.71 bits per heavy atom. The molecule has 5 heteroatoms. The largest absolute Gasteiger partial charge is 0.289 e. The minimum Gasteiger partial charge on any atom is -0.289 e. The van der Waals surface area contributed by atoms with Crippen LogP contribution in [0.4, 0.5) is 0 Å². The van der Waals surface area contributed by atoms with E-state index in [2.05, 4.69) is 0 Å². The van der Waals surface area contributed by atoms with Crippen LogP contribution >= 0.6 is 34.4 Å². The average molecular weight is 334 g/mol. The predicted octanol–water partition coefficient (Wildman–Crippen LogP) is 5.48. The molecule has 21 heavy (non-hydrogen) atoms. The summed E-state index contributed by atoms with van der Waals surface area (Å²) in [5.41, 5.74) is 1.42. The summed E-state index contributed by atoms with van der Waals surface area (Å²) in [7, 11) is 0. The fourth-order valence-electron chi connectivity index (χ4n) is 1.59. The van der Waals surface area contributed by atoms with Gasteiger partial charge in [0.1, 0.15) is 0 Å². The maximum absolute atomic E-state index is 11.7. The van der Waals surface area contributed by atoms with Crippen LogP contribution in [0.5, 0.6) is 0 Å². The fraction of sp³-hybridized carbons (Fsp3) is 0.125. The lowest BCUT2D eigenvalue weighted by Crippen LogP contribution is -1.89. The van der Waals surface area contributed by atoms with Crippen LogP contribution in [0.3, 0.4) is 0 Å². The molecule has 2 nitrogen and oxygen atoms in total. The van der Waals surface area contributed by atoms with Gasteiger partial charge < -0.3 is 0 Å². The highest BCUT2D eigenvalue weighted by Gasteiger charge is 2.10. The van der Waals surface area contributed by atoms with Crippen LogP contribution < -0.4 is 0 Å². The molecule has 0 N–H and O–H groups in total. The van der Waals surface area contributed by atoms with Crippen molar-refractivity contribution in [2.45, 2.75) is 22.3 Å². The van der Waals surface area contributed by atoms with Gasteiger partial charge in [0.25, 0.3) is 0 Å². The Hall–Kier alpha value is -1.43. The van der Waals surface area contributed by atoms with Crippen LogP contribution in [0.15, 0.2) is 55.6 Å². The molecular formula is C16H14O2S3. The Kier molecular flexibility index (Phi) is 5.73. The van der Waals surface area contributed by atoms with Gasteiger partial charge in [-0.3, -0.25) is 9.59 Å². The number of rotatable bonds is 6. The number of hydrogen-bond acceptors (Lipinski definition) is 5. The third kappa shape index (κ3) is 4.27. The molecule has 0 amide bonds. The molecule has 0 unspecified atom stereocenters. The zero-order valence-corrected chi connectivity index (χ0v) is 14.1. The van der Waals surface area contributed by atoms with E-state index in [1.165, 1.54) is 0 Å². The first kappa shape index (κ1) is 15.9. The standard InChI is InChI=1S/C16H14O2S3/c1-3-5-13(17)11-7-15(19-9-11)21-16-8-12(10-20-16)14(18)6-4-2/h3-10H,1-2H3. The van der Waals surface area contributed by atoms with Crippen molar-refractivity contribution < 1.29 is 9.59 Å². The average Bonchev–Trinajstić information content (AvgIpc) is 3.09. The summed E-state index contributed by atoms with van der Waals surface area (Å²) in [5.74, 6) is 0.0476. The van der Waals surface area contributed by atoms with Crippen molar-refractivity contribution in [1.82, 2.24) is 0 Å². The molecule has 0 radical (unpaired) electrons. The Morgan fingerprint density at radius 1 is 0.905 bits per heavy atom. The second kappa shape index (κ2) is 7.54. The number of ketones is 2. The van der Waals surface area contributed by atoms with E-state index < -0.39 is 0 Å². The molecule has 108 valence electrons. The molecule has 0 atom stereocenters. The van der Waals surface area contributed by atoms with E-state index >= 15 is 0 Å². The van der Waals surface area contributed by atoms with Gasteiger partial charge in [-0.1, -0.05) is 23.9 Å². The summed E-state index contributed by atoms with van der Waals surface area (Å²) in [5, 5.41) is 3.73. The topological polar surface area (TPSA) is 34.1 Å². The molecule has 0 aliphatic heterocycles. The van der Waals surface area contributed by atoms with E-state index in [1.807, 2.05) is 36.7 Å². The molecule has 0 aromatic carbocycles. The third-order valence-corrected chi connectivity index (χ3v) is 5.72. The lowest BCUT2D eigenvalue weighted by molar-refractivity contribution is 0.103. The van der Waals surface area contributed by atoms with Crippen LogP contribution in [0.2, 0.25) is 0 Å². The number of thiophene rings is 2. The first-order valence-corrected chi connectivity index (χ1v) is 8.90. The van der Waals surface area contributed by atoms with Crippen molar-refractivity contribution in [3.05, 3.63) is 58.3 Å². The summed E-state index contributed by atoms with van der Waals surface area (Å²) in [4.78, 5) is 23.5. The molecule has 0 saturated carbocycles. The highest BCUT2D eigenvalue weighted by molar-refractivity contribution is 8.02. The first-order valence-electron chi connectivity index (χ1n) is 6.33. The van der Waals surface area contributed by atoms with Gasteiger partial charge in [0, 0.05) is 21.9 Å². The Balaban J connectivity index is 2.09. The Bertz CT molecular complexity index is 644.